The SMILES string of the molecule is CCC(CC)C(=O)Nc1ccc(-c2nc3ccccc3[nH]2)cc1. The van der Waals surface area contributed by atoms with E-state index >= 15 is 0 Å². The minimum atomic E-state index is 0.0741. The molecule has 4 heteroatoms. The summed E-state index contributed by atoms with van der Waals surface area (Å²) in [4.78, 5) is 20.0. The molecule has 0 saturated carbocycles. The van der Waals surface area contributed by atoms with Crippen molar-refractivity contribution in [3.05, 3.63) is 48.5 Å². The lowest BCUT2D eigenvalue weighted by atomic mass is 10.0. The van der Waals surface area contributed by atoms with Crippen LogP contribution in [-0.4, -0.2) is 15.9 Å². The van der Waals surface area contributed by atoms with E-state index in [1.54, 1.807) is 0 Å². The number of nitrogens with one attached hydrogen (secondary N) is 2. The molecule has 2 N–H and O–H groups in total. The first kappa shape index (κ1) is 15.3. The largest absolute Gasteiger partial charge is 0.338 e. The van der Waals surface area contributed by atoms with E-state index < -0.39 is 0 Å². The van der Waals surface area contributed by atoms with Crippen molar-refractivity contribution >= 4 is 22.6 Å². The zero-order valence-electron chi connectivity index (χ0n) is 13.5. The van der Waals surface area contributed by atoms with Crippen LogP contribution in [0.3, 0.4) is 0 Å². The van der Waals surface area contributed by atoms with Crippen LogP contribution in [0.15, 0.2) is 48.5 Å². The maximum atomic E-state index is 12.1. The highest BCUT2D eigenvalue weighted by molar-refractivity contribution is 5.92. The number of para-hydroxylation sites is 2. The second-order valence-electron chi connectivity index (χ2n) is 5.68. The number of hydrogen-bond donors (Lipinski definition) is 2. The van der Waals surface area contributed by atoms with Gasteiger partial charge in [-0.05, 0) is 49.2 Å². The number of rotatable bonds is 5. The Kier molecular flexibility index (Phi) is 4.42. The molecule has 0 aliphatic rings. The third-order valence-electron chi connectivity index (χ3n) is 4.17. The number of nitrogens with zero attached hydrogens (tertiary/aromatic N) is 1. The predicted octanol–water partition coefficient (Wildman–Crippen LogP) is 4.60. The average Bonchev–Trinajstić information content (AvgIpc) is 3.00. The number of carbonyl (C=O) groups excluding carboxylic acids is 1. The van der Waals surface area contributed by atoms with Crippen molar-refractivity contribution in [1.82, 2.24) is 9.97 Å². The minimum Gasteiger partial charge on any atom is -0.338 e. The molecule has 0 spiro atoms. The standard InChI is InChI=1S/C19H21N3O/c1-3-13(4-2)19(23)20-15-11-9-14(10-12-15)18-21-16-7-5-6-8-17(16)22-18/h5-13H,3-4H2,1-2H3,(H,20,23)(H,21,22). The van der Waals surface area contributed by atoms with Crippen LogP contribution in [-0.2, 0) is 4.79 Å². The van der Waals surface area contributed by atoms with E-state index in [4.69, 9.17) is 0 Å². The fourth-order valence-corrected chi connectivity index (χ4v) is 2.70. The molecular formula is C19H21N3O. The highest BCUT2D eigenvalue weighted by Crippen LogP contribution is 2.22. The van der Waals surface area contributed by atoms with Gasteiger partial charge in [-0.1, -0.05) is 26.0 Å². The summed E-state index contributed by atoms with van der Waals surface area (Å²) >= 11 is 0. The van der Waals surface area contributed by atoms with E-state index in [0.717, 1.165) is 41.0 Å². The van der Waals surface area contributed by atoms with Crippen LogP contribution in [0.1, 0.15) is 26.7 Å². The van der Waals surface area contributed by atoms with Crippen molar-refractivity contribution < 1.29 is 4.79 Å². The van der Waals surface area contributed by atoms with Crippen LogP contribution in [0.5, 0.6) is 0 Å². The molecule has 0 saturated heterocycles. The molecular weight excluding hydrogens is 286 g/mol. The van der Waals surface area contributed by atoms with Crippen LogP contribution < -0.4 is 5.32 Å². The summed E-state index contributed by atoms with van der Waals surface area (Å²) in [5.41, 5.74) is 3.80. The first-order valence-corrected chi connectivity index (χ1v) is 8.07. The van der Waals surface area contributed by atoms with Gasteiger partial charge in [-0.25, -0.2) is 4.98 Å². The van der Waals surface area contributed by atoms with E-state index in [1.807, 2.05) is 62.4 Å². The Bertz CT molecular complexity index is 768. The van der Waals surface area contributed by atoms with Crippen molar-refractivity contribution in [2.24, 2.45) is 5.92 Å². The number of anilines is 1. The summed E-state index contributed by atoms with van der Waals surface area (Å²) in [6, 6.07) is 15.7. The number of H-pyrrole nitrogens is 1. The highest BCUT2D eigenvalue weighted by atomic mass is 16.1. The summed E-state index contributed by atoms with van der Waals surface area (Å²) in [5, 5.41) is 2.98. The molecule has 0 fully saturated rings. The molecule has 3 rings (SSSR count). The van der Waals surface area contributed by atoms with Gasteiger partial charge in [0.1, 0.15) is 5.82 Å². The molecule has 0 aliphatic carbocycles. The topological polar surface area (TPSA) is 57.8 Å². The van der Waals surface area contributed by atoms with Gasteiger partial charge in [0.25, 0.3) is 0 Å². The van der Waals surface area contributed by atoms with Gasteiger partial charge in [0, 0.05) is 17.2 Å². The lowest BCUT2D eigenvalue weighted by Crippen LogP contribution is -2.21. The molecule has 118 valence electrons. The highest BCUT2D eigenvalue weighted by Gasteiger charge is 2.14. The maximum absolute atomic E-state index is 12.1. The molecule has 0 bridgehead atoms. The van der Waals surface area contributed by atoms with Crippen molar-refractivity contribution in [3.63, 3.8) is 0 Å². The van der Waals surface area contributed by atoms with Crippen molar-refractivity contribution in [2.45, 2.75) is 26.7 Å². The molecule has 1 amide bonds. The molecule has 0 aliphatic heterocycles. The molecule has 3 aromatic rings. The first-order valence-electron chi connectivity index (χ1n) is 8.07. The Balaban J connectivity index is 1.78. The van der Waals surface area contributed by atoms with Crippen molar-refractivity contribution in [3.8, 4) is 11.4 Å². The zero-order chi connectivity index (χ0) is 16.2. The number of imidazole rings is 1. The number of fused-ring (bicyclic) bond motifs is 1. The maximum Gasteiger partial charge on any atom is 0.227 e. The third-order valence-corrected chi connectivity index (χ3v) is 4.17. The van der Waals surface area contributed by atoms with Gasteiger partial charge in [-0.3, -0.25) is 4.79 Å². The number of aromatic nitrogens is 2. The summed E-state index contributed by atoms with van der Waals surface area (Å²) in [6.45, 7) is 4.08. The fourth-order valence-electron chi connectivity index (χ4n) is 2.70. The summed E-state index contributed by atoms with van der Waals surface area (Å²) in [7, 11) is 0. The Morgan fingerprint density at radius 1 is 1.09 bits per heavy atom. The van der Waals surface area contributed by atoms with Gasteiger partial charge in [-0.2, -0.15) is 0 Å². The van der Waals surface area contributed by atoms with Gasteiger partial charge in [0.15, 0.2) is 0 Å². The van der Waals surface area contributed by atoms with E-state index in [2.05, 4.69) is 15.3 Å². The van der Waals surface area contributed by atoms with Crippen LogP contribution in [0.4, 0.5) is 5.69 Å². The number of carbonyl (C=O) groups is 1. The first-order chi connectivity index (χ1) is 11.2. The molecule has 0 atom stereocenters. The molecule has 0 unspecified atom stereocenters. The van der Waals surface area contributed by atoms with Crippen molar-refractivity contribution in [2.75, 3.05) is 5.32 Å². The Morgan fingerprint density at radius 3 is 2.43 bits per heavy atom. The quantitative estimate of drug-likeness (QED) is 0.723. The molecule has 4 nitrogen and oxygen atoms in total. The van der Waals surface area contributed by atoms with Crippen LogP contribution in [0.2, 0.25) is 0 Å². The van der Waals surface area contributed by atoms with Gasteiger partial charge in [0.2, 0.25) is 5.91 Å². The summed E-state index contributed by atoms with van der Waals surface area (Å²) in [6.07, 6.45) is 1.72. The van der Waals surface area contributed by atoms with Gasteiger partial charge >= 0.3 is 0 Å². The Labute approximate surface area is 136 Å². The normalized spacial score (nSPS) is 11.1. The van der Waals surface area contributed by atoms with Crippen LogP contribution in [0.25, 0.3) is 22.4 Å². The Hall–Kier alpha value is -2.62. The lowest BCUT2D eigenvalue weighted by Gasteiger charge is -2.12. The minimum absolute atomic E-state index is 0.0741. The number of benzene rings is 2. The average molecular weight is 307 g/mol. The van der Waals surface area contributed by atoms with E-state index in [-0.39, 0.29) is 11.8 Å². The lowest BCUT2D eigenvalue weighted by molar-refractivity contribution is -0.120. The monoisotopic (exact) mass is 307 g/mol. The second-order valence-corrected chi connectivity index (χ2v) is 5.68. The zero-order valence-corrected chi connectivity index (χ0v) is 13.5. The number of aromatic amines is 1. The fraction of sp³-hybridized carbons (Fsp3) is 0.263. The molecule has 0 radical (unpaired) electrons. The van der Waals surface area contributed by atoms with Crippen LogP contribution in [0, 0.1) is 5.92 Å². The molecule has 2 aromatic carbocycles. The van der Waals surface area contributed by atoms with Gasteiger partial charge in [0.05, 0.1) is 11.0 Å². The molecule has 23 heavy (non-hydrogen) atoms. The Morgan fingerprint density at radius 2 is 1.78 bits per heavy atom. The van der Waals surface area contributed by atoms with Crippen molar-refractivity contribution in [1.29, 1.82) is 0 Å². The number of amides is 1. The van der Waals surface area contributed by atoms with Gasteiger partial charge in [-0.15, -0.1) is 0 Å². The summed E-state index contributed by atoms with van der Waals surface area (Å²) in [5.74, 6) is 1.00. The van der Waals surface area contributed by atoms with Gasteiger partial charge < -0.3 is 10.3 Å². The van der Waals surface area contributed by atoms with E-state index in [9.17, 15) is 4.79 Å². The predicted molar refractivity (Wildman–Crippen MR) is 94.2 cm³/mol. The number of hydrogen-bond acceptors (Lipinski definition) is 2. The van der Waals surface area contributed by atoms with Crippen LogP contribution >= 0.6 is 0 Å². The van der Waals surface area contributed by atoms with E-state index in [0.29, 0.717) is 0 Å². The smallest absolute Gasteiger partial charge is 0.227 e. The summed E-state index contributed by atoms with van der Waals surface area (Å²) < 4.78 is 0. The van der Waals surface area contributed by atoms with E-state index in [1.165, 1.54) is 0 Å². The third kappa shape index (κ3) is 3.26. The molecule has 1 heterocycles. The second kappa shape index (κ2) is 6.65. The molecule has 1 aromatic heterocycles.